The van der Waals surface area contributed by atoms with Crippen molar-refractivity contribution in [2.24, 2.45) is 0 Å². The first-order chi connectivity index (χ1) is 10.1. The normalized spacial score (nSPS) is 10.9. The van der Waals surface area contributed by atoms with Crippen molar-refractivity contribution < 1.29 is 19.4 Å². The molecule has 4 heteroatoms. The van der Waals surface area contributed by atoms with Crippen LogP contribution in [0, 0.1) is 0 Å². The molecule has 0 atom stereocenters. The predicted molar refractivity (Wildman–Crippen MR) is 78.8 cm³/mol. The number of carbonyl (C=O) groups excluding carboxylic acids is 1. The minimum absolute atomic E-state index is 0.0863. The fraction of sp³-hybridized carbons (Fsp3) is 0.118. The Morgan fingerprint density at radius 2 is 1.90 bits per heavy atom. The van der Waals surface area contributed by atoms with E-state index < -0.39 is 0 Å². The number of ketones is 1. The third-order valence-electron chi connectivity index (χ3n) is 3.44. The van der Waals surface area contributed by atoms with Gasteiger partial charge in [0.1, 0.15) is 22.8 Å². The molecule has 0 amide bonds. The van der Waals surface area contributed by atoms with E-state index in [1.807, 2.05) is 31.2 Å². The van der Waals surface area contributed by atoms with E-state index in [0.29, 0.717) is 23.3 Å². The molecule has 0 fully saturated rings. The highest BCUT2D eigenvalue weighted by Gasteiger charge is 2.23. The van der Waals surface area contributed by atoms with E-state index in [0.717, 1.165) is 11.5 Å². The van der Waals surface area contributed by atoms with Crippen LogP contribution in [-0.2, 0) is 6.42 Å². The van der Waals surface area contributed by atoms with Crippen LogP contribution < -0.4 is 0 Å². The van der Waals surface area contributed by atoms with Gasteiger partial charge < -0.3 is 14.6 Å². The van der Waals surface area contributed by atoms with Gasteiger partial charge in [-0.05, 0) is 18.2 Å². The van der Waals surface area contributed by atoms with Crippen molar-refractivity contribution in [3.8, 4) is 11.5 Å². The predicted octanol–water partition coefficient (Wildman–Crippen LogP) is 3.64. The number of hydrogen-bond acceptors (Lipinski definition) is 4. The average Bonchev–Trinajstić information content (AvgIpc) is 2.85. The Morgan fingerprint density at radius 1 is 1.14 bits per heavy atom. The van der Waals surface area contributed by atoms with Gasteiger partial charge in [0.25, 0.3) is 0 Å². The van der Waals surface area contributed by atoms with Crippen LogP contribution in [0.3, 0.4) is 0 Å². The number of phenols is 2. The maximum Gasteiger partial charge on any atom is 0.200 e. The summed E-state index contributed by atoms with van der Waals surface area (Å²) in [7, 11) is 0. The highest BCUT2D eigenvalue weighted by atomic mass is 16.3. The van der Waals surface area contributed by atoms with Gasteiger partial charge in [-0.3, -0.25) is 4.79 Å². The van der Waals surface area contributed by atoms with Crippen molar-refractivity contribution >= 4 is 16.8 Å². The minimum atomic E-state index is -0.311. The molecule has 2 N–H and O–H groups in total. The molecule has 0 aliphatic heterocycles. The van der Waals surface area contributed by atoms with Gasteiger partial charge in [-0.25, -0.2) is 0 Å². The van der Waals surface area contributed by atoms with Crippen LogP contribution in [0.4, 0.5) is 0 Å². The van der Waals surface area contributed by atoms with Gasteiger partial charge >= 0.3 is 0 Å². The number of aryl methyl sites for hydroxylation is 1. The molecule has 4 nitrogen and oxygen atoms in total. The monoisotopic (exact) mass is 282 g/mol. The molecule has 0 spiro atoms. The number of hydrogen-bond donors (Lipinski definition) is 2. The maximum atomic E-state index is 12.7. The van der Waals surface area contributed by atoms with Crippen molar-refractivity contribution in [2.45, 2.75) is 13.3 Å². The third-order valence-corrected chi connectivity index (χ3v) is 3.44. The Hall–Kier alpha value is -2.75. The highest BCUT2D eigenvalue weighted by molar-refractivity contribution is 6.18. The van der Waals surface area contributed by atoms with Gasteiger partial charge in [0.2, 0.25) is 5.78 Å². The molecule has 0 unspecified atom stereocenters. The van der Waals surface area contributed by atoms with Crippen molar-refractivity contribution in [3.63, 3.8) is 0 Å². The summed E-state index contributed by atoms with van der Waals surface area (Å²) in [5.74, 6) is -0.0490. The number of benzene rings is 2. The van der Waals surface area contributed by atoms with E-state index in [2.05, 4.69) is 0 Å². The number of fused-ring (bicyclic) bond motifs is 1. The summed E-state index contributed by atoms with van der Waals surface area (Å²) in [5, 5.41) is 19.9. The first-order valence-electron chi connectivity index (χ1n) is 6.69. The Bertz CT molecular complexity index is 830. The van der Waals surface area contributed by atoms with Crippen molar-refractivity contribution in [1.82, 2.24) is 0 Å². The van der Waals surface area contributed by atoms with Gasteiger partial charge in [-0.2, -0.15) is 0 Å². The third kappa shape index (κ3) is 2.14. The summed E-state index contributed by atoms with van der Waals surface area (Å²) in [6.07, 6.45) is 0.578. The minimum Gasteiger partial charge on any atom is -0.508 e. The molecule has 0 saturated carbocycles. The van der Waals surface area contributed by atoms with Gasteiger partial charge in [-0.1, -0.05) is 25.1 Å². The highest BCUT2D eigenvalue weighted by Crippen LogP contribution is 2.31. The lowest BCUT2D eigenvalue weighted by Gasteiger charge is -2.04. The fourth-order valence-corrected chi connectivity index (χ4v) is 2.44. The maximum absolute atomic E-state index is 12.7. The van der Waals surface area contributed by atoms with Gasteiger partial charge in [0, 0.05) is 17.9 Å². The summed E-state index contributed by atoms with van der Waals surface area (Å²) < 4.78 is 5.70. The zero-order valence-corrected chi connectivity index (χ0v) is 11.5. The molecule has 0 saturated heterocycles. The largest absolute Gasteiger partial charge is 0.508 e. The molecular weight excluding hydrogens is 268 g/mol. The molecule has 1 aromatic heterocycles. The summed E-state index contributed by atoms with van der Waals surface area (Å²) in [4.78, 5) is 12.7. The van der Waals surface area contributed by atoms with Crippen LogP contribution in [-0.4, -0.2) is 16.0 Å². The lowest BCUT2D eigenvalue weighted by molar-refractivity contribution is 0.103. The second kappa shape index (κ2) is 4.98. The van der Waals surface area contributed by atoms with Crippen LogP contribution in [0.15, 0.2) is 46.9 Å². The van der Waals surface area contributed by atoms with Crippen molar-refractivity contribution in [3.05, 3.63) is 59.4 Å². The Kier molecular flexibility index (Phi) is 3.14. The van der Waals surface area contributed by atoms with Crippen molar-refractivity contribution in [1.29, 1.82) is 0 Å². The van der Waals surface area contributed by atoms with Gasteiger partial charge in [0.15, 0.2) is 0 Å². The fourth-order valence-electron chi connectivity index (χ4n) is 2.44. The quantitative estimate of drug-likeness (QED) is 0.719. The first-order valence-corrected chi connectivity index (χ1v) is 6.69. The number of phenolic OH excluding ortho intramolecular Hbond substituents is 2. The second-order valence-electron chi connectivity index (χ2n) is 4.78. The number of rotatable bonds is 3. The van der Waals surface area contributed by atoms with E-state index in [4.69, 9.17) is 4.42 Å². The van der Waals surface area contributed by atoms with Crippen LogP contribution >= 0.6 is 0 Å². The molecular formula is C17H14O4. The standard InChI is InChI=1S/C17H14O4/c1-2-14-16(12-5-3-4-6-15(12)21-14)17(20)11-8-7-10(18)9-13(11)19/h3-9,18-19H,2H2,1H3. The van der Waals surface area contributed by atoms with E-state index in [-0.39, 0.29) is 22.8 Å². The zero-order chi connectivity index (χ0) is 15.0. The smallest absolute Gasteiger partial charge is 0.200 e. The number of para-hydroxylation sites is 1. The molecule has 0 aliphatic rings. The number of carbonyl (C=O) groups is 1. The summed E-state index contributed by atoms with van der Waals surface area (Å²) in [5.41, 5.74) is 1.26. The molecule has 0 bridgehead atoms. The van der Waals surface area contributed by atoms with Gasteiger partial charge in [0.05, 0.1) is 11.1 Å². The Morgan fingerprint density at radius 3 is 2.62 bits per heavy atom. The number of furan rings is 1. The van der Waals surface area contributed by atoms with Crippen LogP contribution in [0.1, 0.15) is 28.6 Å². The molecule has 0 aliphatic carbocycles. The van der Waals surface area contributed by atoms with Crippen LogP contribution in [0.5, 0.6) is 11.5 Å². The molecule has 3 aromatic rings. The van der Waals surface area contributed by atoms with E-state index >= 15 is 0 Å². The van der Waals surface area contributed by atoms with Crippen molar-refractivity contribution in [2.75, 3.05) is 0 Å². The lowest BCUT2D eigenvalue weighted by Crippen LogP contribution is -2.03. The van der Waals surface area contributed by atoms with E-state index in [9.17, 15) is 15.0 Å². The van der Waals surface area contributed by atoms with Crippen LogP contribution in [0.25, 0.3) is 11.0 Å². The Labute approximate surface area is 121 Å². The topological polar surface area (TPSA) is 70.7 Å². The lowest BCUT2D eigenvalue weighted by atomic mass is 9.98. The summed E-state index contributed by atoms with van der Waals surface area (Å²) >= 11 is 0. The first kappa shape index (κ1) is 13.2. The molecule has 1 heterocycles. The number of aromatic hydroxyl groups is 2. The molecule has 3 rings (SSSR count). The Balaban J connectivity index is 2.21. The van der Waals surface area contributed by atoms with Gasteiger partial charge in [-0.15, -0.1) is 0 Å². The zero-order valence-electron chi connectivity index (χ0n) is 11.5. The van der Waals surface area contributed by atoms with Crippen LogP contribution in [0.2, 0.25) is 0 Å². The molecule has 21 heavy (non-hydrogen) atoms. The molecule has 2 aromatic carbocycles. The average molecular weight is 282 g/mol. The summed E-state index contributed by atoms with van der Waals surface area (Å²) in [6.45, 7) is 1.91. The van der Waals surface area contributed by atoms with E-state index in [1.54, 1.807) is 0 Å². The molecule has 0 radical (unpaired) electrons. The second-order valence-corrected chi connectivity index (χ2v) is 4.78. The summed E-state index contributed by atoms with van der Waals surface area (Å²) in [6, 6.07) is 11.3. The van der Waals surface area contributed by atoms with E-state index in [1.165, 1.54) is 12.1 Å². The molecule has 106 valence electrons. The SMILES string of the molecule is CCc1oc2ccccc2c1C(=O)c1ccc(O)cc1O.